The number of nitrogens with zero attached hydrogens (tertiary/aromatic N) is 1. The van der Waals surface area contributed by atoms with Gasteiger partial charge in [0.1, 0.15) is 7.11 Å². The first kappa shape index (κ1) is 21.6. The molecule has 156 valence electrons. The molecule has 0 unspecified atom stereocenters. The minimum absolute atomic E-state index is 0.205. The summed E-state index contributed by atoms with van der Waals surface area (Å²) in [6.45, 7) is 13.4. The van der Waals surface area contributed by atoms with E-state index in [2.05, 4.69) is 101 Å². The van der Waals surface area contributed by atoms with Gasteiger partial charge < -0.3 is 10.2 Å². The number of oxime groups is 1. The summed E-state index contributed by atoms with van der Waals surface area (Å²) in [7, 11) is 1.65. The first-order chi connectivity index (χ1) is 13.8. The summed E-state index contributed by atoms with van der Waals surface area (Å²) in [6, 6.07) is 18.5. The number of piperidine rings is 1. The maximum atomic E-state index is 5.25. The monoisotopic (exact) mass is 392 g/mol. The molecule has 3 nitrogen and oxygen atoms in total. The molecule has 0 aliphatic carbocycles. The summed E-state index contributed by atoms with van der Waals surface area (Å²) in [5, 5.41) is 8.40. The van der Waals surface area contributed by atoms with Gasteiger partial charge in [0.25, 0.3) is 0 Å². The molecular formula is C26H36N2O. The Morgan fingerprint density at radius 3 is 1.41 bits per heavy atom. The van der Waals surface area contributed by atoms with Gasteiger partial charge in [-0.1, -0.05) is 95.2 Å². The molecule has 0 bridgehead atoms. The van der Waals surface area contributed by atoms with E-state index < -0.39 is 0 Å². The molecule has 1 fully saturated rings. The largest absolute Gasteiger partial charge is 0.399 e. The summed E-state index contributed by atoms with van der Waals surface area (Å²) >= 11 is 0. The van der Waals surface area contributed by atoms with Crippen LogP contribution < -0.4 is 5.32 Å². The topological polar surface area (TPSA) is 33.6 Å². The van der Waals surface area contributed by atoms with Crippen LogP contribution in [0, 0.1) is 11.8 Å². The highest BCUT2D eigenvalue weighted by atomic mass is 16.6. The third kappa shape index (κ3) is 4.56. The van der Waals surface area contributed by atoms with E-state index in [1.807, 2.05) is 0 Å². The van der Waals surface area contributed by atoms with E-state index in [-0.39, 0.29) is 23.9 Å². The van der Waals surface area contributed by atoms with Crippen LogP contribution in [0.1, 0.15) is 87.7 Å². The van der Waals surface area contributed by atoms with Crippen molar-refractivity contribution in [1.82, 2.24) is 5.32 Å². The van der Waals surface area contributed by atoms with Gasteiger partial charge in [0.05, 0.1) is 5.71 Å². The lowest BCUT2D eigenvalue weighted by Crippen LogP contribution is -2.46. The molecule has 1 N–H and O–H groups in total. The van der Waals surface area contributed by atoms with E-state index in [0.717, 1.165) is 5.71 Å². The van der Waals surface area contributed by atoms with Gasteiger partial charge in [0.15, 0.2) is 0 Å². The number of nitrogens with one attached hydrogen (secondary N) is 1. The first-order valence-electron chi connectivity index (χ1n) is 10.9. The van der Waals surface area contributed by atoms with Crippen molar-refractivity contribution in [2.75, 3.05) is 7.11 Å². The van der Waals surface area contributed by atoms with Crippen molar-refractivity contribution < 1.29 is 4.84 Å². The summed E-state index contributed by atoms with van der Waals surface area (Å²) in [4.78, 5) is 5.25. The summed E-state index contributed by atoms with van der Waals surface area (Å²) in [5.41, 5.74) is 6.49. The van der Waals surface area contributed by atoms with Gasteiger partial charge in [0.2, 0.25) is 0 Å². The normalized spacial score (nSPS) is 26.3. The van der Waals surface area contributed by atoms with Crippen LogP contribution in [0.2, 0.25) is 0 Å². The third-order valence-corrected chi connectivity index (χ3v) is 6.41. The van der Waals surface area contributed by atoms with Gasteiger partial charge in [0, 0.05) is 23.9 Å². The standard InChI is InChI=1S/C26H36N2O/c1-16(2)20-8-12-22(13-9-20)25-18(5)24(28-29-7)19(6)26(27-25)23-14-10-21(11-15-23)17(3)4/h8-19,25-27H,1-7H3/t18-,19+,25-,26+. The molecule has 1 aliphatic rings. The Balaban J connectivity index is 1.95. The van der Waals surface area contributed by atoms with E-state index >= 15 is 0 Å². The molecule has 1 heterocycles. The molecular weight excluding hydrogens is 356 g/mol. The lowest BCUT2D eigenvalue weighted by molar-refractivity contribution is 0.199. The number of rotatable bonds is 5. The Bertz CT molecular complexity index is 755. The number of hydrogen-bond acceptors (Lipinski definition) is 3. The lowest BCUT2D eigenvalue weighted by atomic mass is 9.75. The zero-order chi connectivity index (χ0) is 21.1. The SMILES string of the molecule is CON=C1[C@@H](C)[C@H](c2ccc(C(C)C)cc2)N[C@H](c2ccc(C(C)C)cc2)[C@H]1C. The minimum atomic E-state index is 0.205. The fourth-order valence-electron chi connectivity index (χ4n) is 4.46. The number of benzene rings is 2. The van der Waals surface area contributed by atoms with Crippen molar-refractivity contribution in [3.05, 3.63) is 70.8 Å². The first-order valence-corrected chi connectivity index (χ1v) is 10.9. The van der Waals surface area contributed by atoms with Crippen LogP contribution >= 0.6 is 0 Å². The van der Waals surface area contributed by atoms with E-state index in [9.17, 15) is 0 Å². The second-order valence-electron chi connectivity index (χ2n) is 9.04. The zero-order valence-electron chi connectivity index (χ0n) is 18.9. The van der Waals surface area contributed by atoms with E-state index in [1.54, 1.807) is 7.11 Å². The molecule has 2 aromatic rings. The van der Waals surface area contributed by atoms with Crippen molar-refractivity contribution in [2.24, 2.45) is 17.0 Å². The zero-order valence-corrected chi connectivity index (χ0v) is 18.9. The Morgan fingerprint density at radius 2 is 1.10 bits per heavy atom. The maximum absolute atomic E-state index is 5.25. The molecule has 2 aromatic carbocycles. The van der Waals surface area contributed by atoms with Gasteiger partial charge in [-0.05, 0) is 34.1 Å². The minimum Gasteiger partial charge on any atom is -0.399 e. The Morgan fingerprint density at radius 1 is 0.724 bits per heavy atom. The molecule has 3 heteroatoms. The van der Waals surface area contributed by atoms with Crippen molar-refractivity contribution >= 4 is 5.71 Å². The van der Waals surface area contributed by atoms with Gasteiger partial charge in [-0.2, -0.15) is 0 Å². The van der Waals surface area contributed by atoms with E-state index in [1.165, 1.54) is 22.3 Å². The average molecular weight is 393 g/mol. The van der Waals surface area contributed by atoms with Crippen molar-refractivity contribution in [3.63, 3.8) is 0 Å². The Kier molecular flexibility index (Phi) is 6.79. The molecule has 1 aliphatic heterocycles. The second-order valence-corrected chi connectivity index (χ2v) is 9.04. The Hall–Kier alpha value is -2.13. The molecule has 0 saturated carbocycles. The molecule has 3 rings (SSSR count). The molecule has 29 heavy (non-hydrogen) atoms. The fourth-order valence-corrected chi connectivity index (χ4v) is 4.46. The van der Waals surface area contributed by atoms with Crippen molar-refractivity contribution in [1.29, 1.82) is 0 Å². The lowest BCUT2D eigenvalue weighted by Gasteiger charge is -2.41. The third-order valence-electron chi connectivity index (χ3n) is 6.41. The molecule has 0 radical (unpaired) electrons. The quantitative estimate of drug-likeness (QED) is 0.582. The van der Waals surface area contributed by atoms with Crippen molar-refractivity contribution in [3.8, 4) is 0 Å². The van der Waals surface area contributed by atoms with Crippen LogP contribution in [0.3, 0.4) is 0 Å². The van der Waals surface area contributed by atoms with Gasteiger partial charge in [-0.25, -0.2) is 0 Å². The highest BCUT2D eigenvalue weighted by molar-refractivity contribution is 5.90. The smallest absolute Gasteiger partial charge is 0.106 e. The predicted octanol–water partition coefficient (Wildman–Crippen LogP) is 6.59. The Labute approximate surface area is 176 Å². The van der Waals surface area contributed by atoms with Gasteiger partial charge in [-0.15, -0.1) is 0 Å². The van der Waals surface area contributed by atoms with Crippen LogP contribution in [-0.2, 0) is 4.84 Å². The van der Waals surface area contributed by atoms with E-state index in [0.29, 0.717) is 11.8 Å². The average Bonchev–Trinajstić information content (AvgIpc) is 2.71. The van der Waals surface area contributed by atoms with E-state index in [4.69, 9.17) is 4.84 Å². The second kappa shape index (κ2) is 9.13. The van der Waals surface area contributed by atoms with Gasteiger partial charge >= 0.3 is 0 Å². The highest BCUT2D eigenvalue weighted by Crippen LogP contribution is 2.39. The summed E-state index contributed by atoms with van der Waals surface area (Å²) < 4.78 is 0. The maximum Gasteiger partial charge on any atom is 0.106 e. The van der Waals surface area contributed by atoms with Crippen LogP contribution in [0.25, 0.3) is 0 Å². The van der Waals surface area contributed by atoms with Crippen LogP contribution in [-0.4, -0.2) is 12.8 Å². The van der Waals surface area contributed by atoms with Crippen molar-refractivity contribution in [2.45, 2.75) is 65.5 Å². The molecule has 1 saturated heterocycles. The summed E-state index contributed by atoms with van der Waals surface area (Å²) in [5.74, 6) is 1.61. The highest BCUT2D eigenvalue weighted by Gasteiger charge is 2.39. The fraction of sp³-hybridized carbons (Fsp3) is 0.500. The summed E-state index contributed by atoms with van der Waals surface area (Å²) in [6.07, 6.45) is 0. The van der Waals surface area contributed by atoms with Gasteiger partial charge in [-0.3, -0.25) is 0 Å². The number of hydrogen-bond donors (Lipinski definition) is 1. The molecule has 4 atom stereocenters. The van der Waals surface area contributed by atoms with Crippen LogP contribution in [0.5, 0.6) is 0 Å². The molecule has 0 spiro atoms. The van der Waals surface area contributed by atoms with Crippen LogP contribution in [0.15, 0.2) is 53.7 Å². The molecule has 0 amide bonds. The predicted molar refractivity (Wildman–Crippen MR) is 122 cm³/mol. The van der Waals surface area contributed by atoms with Crippen LogP contribution in [0.4, 0.5) is 0 Å². The molecule has 0 aromatic heterocycles.